The van der Waals surface area contributed by atoms with Gasteiger partial charge in [-0.05, 0) is 41.6 Å². The molecule has 4 nitrogen and oxygen atoms in total. The van der Waals surface area contributed by atoms with Crippen LogP contribution in [0.3, 0.4) is 0 Å². The first-order chi connectivity index (χ1) is 20.2. The number of allylic oxidation sites excluding steroid dienone is 5. The SMILES string of the molecule is CCCCCCC/C=C/C=C(C)/C=C/[C@H]1C[C@@H](O[Si](c2ccccc2)(c2ccccc2)C(C)(C)C)C[C@@H]1OC(=O)C=O. The minimum absolute atomic E-state index is 0.0389. The summed E-state index contributed by atoms with van der Waals surface area (Å²) in [5.41, 5.74) is 1.13. The van der Waals surface area contributed by atoms with Gasteiger partial charge in [-0.15, -0.1) is 0 Å². The van der Waals surface area contributed by atoms with Crippen molar-refractivity contribution in [3.63, 3.8) is 0 Å². The minimum Gasteiger partial charge on any atom is -0.456 e. The summed E-state index contributed by atoms with van der Waals surface area (Å²) in [5, 5.41) is 2.29. The molecule has 226 valence electrons. The summed E-state index contributed by atoms with van der Waals surface area (Å²) in [4.78, 5) is 23.3. The van der Waals surface area contributed by atoms with Gasteiger partial charge < -0.3 is 9.16 Å². The molecule has 1 aliphatic carbocycles. The molecule has 0 heterocycles. The van der Waals surface area contributed by atoms with E-state index in [0.29, 0.717) is 6.42 Å². The van der Waals surface area contributed by atoms with E-state index >= 15 is 0 Å². The number of hydrogen-bond acceptors (Lipinski definition) is 4. The number of aldehydes is 1. The summed E-state index contributed by atoms with van der Waals surface area (Å²) < 4.78 is 13.0. The van der Waals surface area contributed by atoms with E-state index in [1.807, 2.05) is 12.1 Å². The molecule has 1 aliphatic rings. The topological polar surface area (TPSA) is 52.6 Å². The second-order valence-corrected chi connectivity index (χ2v) is 16.8. The lowest BCUT2D eigenvalue weighted by molar-refractivity contribution is -0.154. The largest absolute Gasteiger partial charge is 0.456 e. The van der Waals surface area contributed by atoms with Gasteiger partial charge in [0.05, 0.1) is 6.10 Å². The minimum atomic E-state index is -2.76. The second-order valence-electron chi connectivity index (χ2n) is 12.5. The van der Waals surface area contributed by atoms with Crippen LogP contribution in [0.25, 0.3) is 0 Å². The Bertz CT molecular complexity index is 1150. The molecule has 3 atom stereocenters. The van der Waals surface area contributed by atoms with E-state index in [0.717, 1.165) is 18.4 Å². The van der Waals surface area contributed by atoms with Crippen LogP contribution in [0, 0.1) is 5.92 Å². The Balaban J connectivity index is 1.82. The Hall–Kier alpha value is -3.02. The number of ether oxygens (including phenoxy) is 1. The third-order valence-corrected chi connectivity index (χ3v) is 13.3. The molecule has 0 amide bonds. The zero-order valence-corrected chi connectivity index (χ0v) is 27.3. The highest BCUT2D eigenvalue weighted by atomic mass is 28.4. The zero-order valence-electron chi connectivity index (χ0n) is 26.3. The van der Waals surface area contributed by atoms with E-state index in [-0.39, 0.29) is 23.3 Å². The molecule has 5 heteroatoms. The van der Waals surface area contributed by atoms with Crippen LogP contribution >= 0.6 is 0 Å². The van der Waals surface area contributed by atoms with Crippen LogP contribution < -0.4 is 10.4 Å². The molecule has 0 N–H and O–H groups in total. The Morgan fingerprint density at radius 2 is 1.55 bits per heavy atom. The highest BCUT2D eigenvalue weighted by Crippen LogP contribution is 2.41. The van der Waals surface area contributed by atoms with Crippen LogP contribution in [0.1, 0.15) is 86.0 Å². The third-order valence-electron chi connectivity index (χ3n) is 8.21. The highest BCUT2D eigenvalue weighted by molar-refractivity contribution is 6.99. The van der Waals surface area contributed by atoms with Crippen molar-refractivity contribution in [2.45, 2.75) is 103 Å². The Morgan fingerprint density at radius 3 is 2.12 bits per heavy atom. The quantitative estimate of drug-likeness (QED) is 0.0532. The van der Waals surface area contributed by atoms with Crippen LogP contribution in [-0.2, 0) is 18.8 Å². The van der Waals surface area contributed by atoms with Gasteiger partial charge in [0.1, 0.15) is 6.10 Å². The summed E-state index contributed by atoms with van der Waals surface area (Å²) in [6, 6.07) is 21.2. The van der Waals surface area contributed by atoms with Crippen molar-refractivity contribution >= 4 is 30.9 Å². The van der Waals surface area contributed by atoms with Gasteiger partial charge in [0.15, 0.2) is 0 Å². The van der Waals surface area contributed by atoms with Crippen LogP contribution in [0.5, 0.6) is 0 Å². The third kappa shape index (κ3) is 9.24. The van der Waals surface area contributed by atoms with Crippen molar-refractivity contribution in [1.29, 1.82) is 0 Å². The van der Waals surface area contributed by atoms with Crippen molar-refractivity contribution in [2.24, 2.45) is 5.92 Å². The van der Waals surface area contributed by atoms with Crippen molar-refractivity contribution in [3.8, 4) is 0 Å². The molecule has 1 saturated carbocycles. The summed E-state index contributed by atoms with van der Waals surface area (Å²) >= 11 is 0. The first kappa shape index (κ1) is 33.5. The Morgan fingerprint density at radius 1 is 0.929 bits per heavy atom. The molecule has 2 aromatic rings. The van der Waals surface area contributed by atoms with Gasteiger partial charge >= 0.3 is 5.97 Å². The number of carbonyl (C=O) groups excluding carboxylic acids is 2. The smallest absolute Gasteiger partial charge is 0.371 e. The Kier molecular flexibility index (Phi) is 13.2. The lowest BCUT2D eigenvalue weighted by Gasteiger charge is -2.44. The predicted molar refractivity (Wildman–Crippen MR) is 177 cm³/mol. The van der Waals surface area contributed by atoms with Gasteiger partial charge in [-0.1, -0.05) is 150 Å². The fourth-order valence-corrected chi connectivity index (χ4v) is 10.8. The Labute approximate surface area is 255 Å². The molecular formula is C37H50O4Si. The van der Waals surface area contributed by atoms with E-state index in [2.05, 4.69) is 114 Å². The zero-order chi connectivity index (χ0) is 30.4. The molecule has 0 aromatic heterocycles. The summed E-state index contributed by atoms with van der Waals surface area (Å²) in [6.07, 6.45) is 19.3. The molecule has 0 bridgehead atoms. The van der Waals surface area contributed by atoms with Gasteiger partial charge in [-0.3, -0.25) is 4.79 Å². The van der Waals surface area contributed by atoms with E-state index < -0.39 is 20.4 Å². The van der Waals surface area contributed by atoms with E-state index in [1.165, 1.54) is 42.5 Å². The lowest BCUT2D eigenvalue weighted by atomic mass is 10.0. The summed E-state index contributed by atoms with van der Waals surface area (Å²) in [7, 11) is -2.76. The van der Waals surface area contributed by atoms with E-state index in [9.17, 15) is 9.59 Å². The number of hydrogen-bond donors (Lipinski definition) is 0. The van der Waals surface area contributed by atoms with Crippen LogP contribution in [0.4, 0.5) is 0 Å². The van der Waals surface area contributed by atoms with Crippen molar-refractivity contribution in [1.82, 2.24) is 0 Å². The maximum absolute atomic E-state index is 12.1. The van der Waals surface area contributed by atoms with Gasteiger partial charge in [-0.25, -0.2) is 4.79 Å². The van der Waals surface area contributed by atoms with Crippen molar-refractivity contribution in [3.05, 3.63) is 96.6 Å². The van der Waals surface area contributed by atoms with Crippen LogP contribution in [0.2, 0.25) is 5.04 Å². The molecule has 0 spiro atoms. The fourth-order valence-electron chi connectivity index (χ4n) is 6.05. The maximum Gasteiger partial charge on any atom is 0.371 e. The van der Waals surface area contributed by atoms with Crippen molar-refractivity contribution < 1.29 is 18.8 Å². The van der Waals surface area contributed by atoms with Crippen LogP contribution in [-0.4, -0.2) is 32.8 Å². The number of unbranched alkanes of at least 4 members (excludes halogenated alkanes) is 5. The molecule has 1 fully saturated rings. The standard InChI is InChI=1S/C37H50O4Si/c1-6-7-8-9-10-11-12-15-20-30(2)25-26-31-27-32(28-35(31)40-36(39)29-38)41-42(37(3,4)5,33-21-16-13-17-22-33)34-23-18-14-19-24-34/h12-26,29,31-32,35H,6-11,27-28H2,1-5H3/b15-12+,26-25+,30-20+/t31-,32+,35-/m0/s1. The number of esters is 1. The van der Waals surface area contributed by atoms with Gasteiger partial charge in [0.25, 0.3) is 8.32 Å². The summed E-state index contributed by atoms with van der Waals surface area (Å²) in [6.45, 7) is 11.1. The van der Waals surface area contributed by atoms with Crippen LogP contribution in [0.15, 0.2) is 96.6 Å². The monoisotopic (exact) mass is 586 g/mol. The number of rotatable bonds is 15. The molecular weight excluding hydrogens is 536 g/mol. The maximum atomic E-state index is 12.1. The first-order valence-electron chi connectivity index (χ1n) is 15.7. The molecule has 0 saturated heterocycles. The molecule has 42 heavy (non-hydrogen) atoms. The summed E-state index contributed by atoms with van der Waals surface area (Å²) in [5.74, 6) is -0.860. The first-order valence-corrected chi connectivity index (χ1v) is 17.6. The van der Waals surface area contributed by atoms with Gasteiger partial charge in [-0.2, -0.15) is 0 Å². The average molecular weight is 587 g/mol. The second kappa shape index (κ2) is 16.6. The van der Waals surface area contributed by atoms with Gasteiger partial charge in [0, 0.05) is 12.3 Å². The normalized spacial score (nSPS) is 19.9. The molecule has 2 aromatic carbocycles. The fraction of sp³-hybridized carbons (Fsp3) is 0.459. The van der Waals surface area contributed by atoms with E-state index in [1.54, 1.807) is 0 Å². The van der Waals surface area contributed by atoms with Gasteiger partial charge in [0.2, 0.25) is 6.29 Å². The lowest BCUT2D eigenvalue weighted by Crippen LogP contribution is -2.67. The predicted octanol–water partition coefficient (Wildman–Crippen LogP) is 7.87. The molecule has 0 radical (unpaired) electrons. The number of benzene rings is 2. The average Bonchev–Trinajstić information content (AvgIpc) is 3.36. The highest BCUT2D eigenvalue weighted by Gasteiger charge is 2.53. The van der Waals surface area contributed by atoms with Crippen molar-refractivity contribution in [2.75, 3.05) is 0 Å². The van der Waals surface area contributed by atoms with E-state index in [4.69, 9.17) is 9.16 Å². The number of carbonyl (C=O) groups is 2. The molecule has 0 aliphatic heterocycles. The molecule has 3 rings (SSSR count). The molecule has 0 unspecified atom stereocenters.